The molecule has 0 aromatic rings. The number of alkyl halides is 3. The number of nitrogens with zero attached hydrogens (tertiary/aromatic N) is 1. The van der Waals surface area contributed by atoms with E-state index in [2.05, 4.69) is 15.6 Å². The Hall–Kier alpha value is -1.02. The molecule has 1 saturated heterocycles. The van der Waals surface area contributed by atoms with Crippen LogP contribution in [0, 0.1) is 0 Å². The minimum absolute atomic E-state index is 0.0658. The summed E-state index contributed by atoms with van der Waals surface area (Å²) in [5.41, 5.74) is 0. The third-order valence-corrected chi connectivity index (χ3v) is 2.59. The number of nitrogens with one attached hydrogen (secondary N) is 2. The lowest BCUT2D eigenvalue weighted by atomic mass is 10.2. The molecule has 0 aliphatic carbocycles. The fraction of sp³-hybridized carbons (Fsp3) is 0.900. The maximum absolute atomic E-state index is 12.1. The second-order valence-electron chi connectivity index (χ2n) is 4.03. The molecule has 106 valence electrons. The zero-order chi connectivity index (χ0) is 13.6. The maximum atomic E-state index is 12.1. The summed E-state index contributed by atoms with van der Waals surface area (Å²) >= 11 is 0. The molecule has 1 aliphatic rings. The van der Waals surface area contributed by atoms with Gasteiger partial charge in [0.15, 0.2) is 12.1 Å². The first-order chi connectivity index (χ1) is 8.43. The molecule has 8 heteroatoms. The van der Waals surface area contributed by atoms with Gasteiger partial charge in [-0.2, -0.15) is 13.2 Å². The van der Waals surface area contributed by atoms with Gasteiger partial charge in [0.1, 0.15) is 0 Å². The molecule has 0 bridgehead atoms. The third kappa shape index (κ3) is 5.09. The van der Waals surface area contributed by atoms with Crippen LogP contribution in [0.25, 0.3) is 0 Å². The van der Waals surface area contributed by atoms with Crippen LogP contribution < -0.4 is 10.6 Å². The van der Waals surface area contributed by atoms with E-state index in [0.29, 0.717) is 13.2 Å². The van der Waals surface area contributed by atoms with Crippen molar-refractivity contribution < 1.29 is 23.0 Å². The van der Waals surface area contributed by atoms with Crippen LogP contribution >= 0.6 is 0 Å². The van der Waals surface area contributed by atoms with Gasteiger partial charge in [-0.1, -0.05) is 0 Å². The summed E-state index contributed by atoms with van der Waals surface area (Å²) in [6.07, 6.45) is -5.05. The zero-order valence-corrected chi connectivity index (χ0v) is 10.1. The van der Waals surface area contributed by atoms with Crippen molar-refractivity contribution in [3.63, 3.8) is 0 Å². The SMILES string of the molecule is CN=C(NCC1CCCO1)NCC(O)C(F)(F)F. The zero-order valence-electron chi connectivity index (χ0n) is 10.1. The van der Waals surface area contributed by atoms with Gasteiger partial charge in [0.25, 0.3) is 0 Å². The second kappa shape index (κ2) is 6.79. The number of halogens is 3. The Labute approximate surface area is 103 Å². The first-order valence-electron chi connectivity index (χ1n) is 5.74. The number of aliphatic imine (C=N–C) groups is 1. The van der Waals surface area contributed by atoms with E-state index < -0.39 is 18.8 Å². The van der Waals surface area contributed by atoms with E-state index in [1.54, 1.807) is 0 Å². The first-order valence-corrected chi connectivity index (χ1v) is 5.74. The minimum atomic E-state index is -4.62. The van der Waals surface area contributed by atoms with Crippen LogP contribution in [0.1, 0.15) is 12.8 Å². The number of ether oxygens (including phenoxy) is 1. The van der Waals surface area contributed by atoms with E-state index in [0.717, 1.165) is 12.8 Å². The van der Waals surface area contributed by atoms with Crippen LogP contribution in [-0.4, -0.2) is 56.2 Å². The van der Waals surface area contributed by atoms with E-state index in [1.165, 1.54) is 7.05 Å². The standard InChI is InChI=1S/C10H18F3N3O2/c1-14-9(15-5-7-3-2-4-18-7)16-6-8(17)10(11,12)13/h7-8,17H,2-6H2,1H3,(H2,14,15,16). The van der Waals surface area contributed by atoms with Crippen molar-refractivity contribution in [2.75, 3.05) is 26.7 Å². The van der Waals surface area contributed by atoms with E-state index in [1.807, 2.05) is 0 Å². The fourth-order valence-electron chi connectivity index (χ4n) is 1.55. The molecule has 5 nitrogen and oxygen atoms in total. The number of aliphatic hydroxyl groups excluding tert-OH is 1. The van der Waals surface area contributed by atoms with Crippen LogP contribution in [0.15, 0.2) is 4.99 Å². The van der Waals surface area contributed by atoms with Gasteiger partial charge in [0.05, 0.1) is 12.6 Å². The van der Waals surface area contributed by atoms with E-state index in [-0.39, 0.29) is 12.1 Å². The molecule has 1 fully saturated rings. The monoisotopic (exact) mass is 269 g/mol. The summed E-state index contributed by atoms with van der Waals surface area (Å²) in [6.45, 7) is 0.571. The maximum Gasteiger partial charge on any atom is 0.416 e. The molecule has 0 aromatic carbocycles. The lowest BCUT2D eigenvalue weighted by molar-refractivity contribution is -0.201. The molecule has 2 atom stereocenters. The topological polar surface area (TPSA) is 65.9 Å². The number of guanidine groups is 1. The summed E-state index contributed by atoms with van der Waals surface area (Å²) in [5, 5.41) is 14.1. The summed E-state index contributed by atoms with van der Waals surface area (Å²) < 4.78 is 41.5. The lowest BCUT2D eigenvalue weighted by Gasteiger charge is -2.18. The second-order valence-corrected chi connectivity index (χ2v) is 4.03. The Morgan fingerprint density at radius 2 is 2.22 bits per heavy atom. The number of aliphatic hydroxyl groups is 1. The van der Waals surface area contributed by atoms with Crippen LogP contribution in [0.2, 0.25) is 0 Å². The van der Waals surface area contributed by atoms with Crippen LogP contribution in [0.4, 0.5) is 13.2 Å². The predicted octanol–water partition coefficient (Wildman–Crippen LogP) is 0.254. The Bertz CT molecular complexity index is 278. The quantitative estimate of drug-likeness (QED) is 0.506. The van der Waals surface area contributed by atoms with Crippen LogP contribution in [0.5, 0.6) is 0 Å². The van der Waals surface area contributed by atoms with Crippen LogP contribution in [-0.2, 0) is 4.74 Å². The molecule has 1 aliphatic heterocycles. The number of hydrogen-bond acceptors (Lipinski definition) is 3. The summed E-state index contributed by atoms with van der Waals surface area (Å²) in [4.78, 5) is 3.76. The molecular weight excluding hydrogens is 251 g/mol. The fourth-order valence-corrected chi connectivity index (χ4v) is 1.55. The van der Waals surface area contributed by atoms with Gasteiger partial charge in [-0.15, -0.1) is 0 Å². The molecule has 3 N–H and O–H groups in total. The molecule has 0 radical (unpaired) electrons. The van der Waals surface area contributed by atoms with Gasteiger partial charge < -0.3 is 20.5 Å². The van der Waals surface area contributed by atoms with E-state index in [9.17, 15) is 13.2 Å². The number of hydrogen-bond donors (Lipinski definition) is 3. The highest BCUT2D eigenvalue weighted by atomic mass is 19.4. The average molecular weight is 269 g/mol. The molecule has 18 heavy (non-hydrogen) atoms. The molecular formula is C10H18F3N3O2. The van der Waals surface area contributed by atoms with Crippen molar-refractivity contribution in [1.82, 2.24) is 10.6 Å². The molecule has 1 rings (SSSR count). The van der Waals surface area contributed by atoms with Gasteiger partial charge in [-0.3, -0.25) is 4.99 Å². The Morgan fingerprint density at radius 1 is 1.50 bits per heavy atom. The normalized spacial score (nSPS) is 22.9. The van der Waals surface area contributed by atoms with Crippen molar-refractivity contribution in [3.05, 3.63) is 0 Å². The van der Waals surface area contributed by atoms with Gasteiger partial charge in [0.2, 0.25) is 0 Å². The summed E-state index contributed by atoms with van der Waals surface area (Å²) in [5.74, 6) is 0.216. The summed E-state index contributed by atoms with van der Waals surface area (Å²) in [6, 6.07) is 0. The van der Waals surface area contributed by atoms with Crippen molar-refractivity contribution in [2.24, 2.45) is 4.99 Å². The van der Waals surface area contributed by atoms with Crippen LogP contribution in [0.3, 0.4) is 0 Å². The highest BCUT2D eigenvalue weighted by Crippen LogP contribution is 2.19. The molecule has 0 saturated carbocycles. The van der Waals surface area contributed by atoms with Gasteiger partial charge in [-0.05, 0) is 12.8 Å². The largest absolute Gasteiger partial charge is 0.416 e. The lowest BCUT2D eigenvalue weighted by Crippen LogP contribution is -2.46. The van der Waals surface area contributed by atoms with Crippen molar-refractivity contribution in [3.8, 4) is 0 Å². The highest BCUT2D eigenvalue weighted by molar-refractivity contribution is 5.79. The summed E-state index contributed by atoms with van der Waals surface area (Å²) in [7, 11) is 1.45. The van der Waals surface area contributed by atoms with E-state index >= 15 is 0 Å². The molecule has 2 unspecified atom stereocenters. The predicted molar refractivity (Wildman–Crippen MR) is 60.4 cm³/mol. The Morgan fingerprint density at radius 3 is 2.72 bits per heavy atom. The highest BCUT2D eigenvalue weighted by Gasteiger charge is 2.38. The smallest absolute Gasteiger partial charge is 0.382 e. The van der Waals surface area contributed by atoms with Gasteiger partial charge >= 0.3 is 6.18 Å². The molecule has 1 heterocycles. The van der Waals surface area contributed by atoms with Gasteiger partial charge in [-0.25, -0.2) is 0 Å². The average Bonchev–Trinajstić information content (AvgIpc) is 2.80. The van der Waals surface area contributed by atoms with E-state index in [4.69, 9.17) is 9.84 Å². The molecule has 0 aromatic heterocycles. The Balaban J connectivity index is 2.25. The third-order valence-electron chi connectivity index (χ3n) is 2.59. The first kappa shape index (κ1) is 15.0. The van der Waals surface area contributed by atoms with Crippen molar-refractivity contribution in [1.29, 1.82) is 0 Å². The van der Waals surface area contributed by atoms with Crippen molar-refractivity contribution in [2.45, 2.75) is 31.2 Å². The number of rotatable bonds is 4. The van der Waals surface area contributed by atoms with Gasteiger partial charge in [0, 0.05) is 20.2 Å². The molecule has 0 amide bonds. The molecule has 0 spiro atoms. The van der Waals surface area contributed by atoms with Crippen molar-refractivity contribution >= 4 is 5.96 Å². The Kier molecular flexibility index (Phi) is 5.67. The minimum Gasteiger partial charge on any atom is -0.382 e.